The van der Waals surface area contributed by atoms with Crippen LogP contribution in [0.1, 0.15) is 12.5 Å². The van der Waals surface area contributed by atoms with Crippen molar-refractivity contribution >= 4 is 21.6 Å². The van der Waals surface area contributed by atoms with E-state index in [9.17, 15) is 13.2 Å². The van der Waals surface area contributed by atoms with Gasteiger partial charge in [-0.1, -0.05) is 35.9 Å². The van der Waals surface area contributed by atoms with E-state index in [1.165, 1.54) is 4.31 Å². The van der Waals surface area contributed by atoms with Crippen molar-refractivity contribution in [2.45, 2.75) is 18.7 Å². The van der Waals surface area contributed by atoms with E-state index < -0.39 is 10.0 Å². The zero-order valence-electron chi connectivity index (χ0n) is 16.4. The second kappa shape index (κ2) is 8.86. The summed E-state index contributed by atoms with van der Waals surface area (Å²) in [6.07, 6.45) is 0. The molecule has 7 heteroatoms. The Balaban J connectivity index is 1.59. The summed E-state index contributed by atoms with van der Waals surface area (Å²) in [5.41, 5.74) is 1.91. The first-order valence-electron chi connectivity index (χ1n) is 9.56. The van der Waals surface area contributed by atoms with Crippen LogP contribution in [0.4, 0.5) is 5.69 Å². The summed E-state index contributed by atoms with van der Waals surface area (Å²) in [6.45, 7) is 6.65. The van der Waals surface area contributed by atoms with Gasteiger partial charge >= 0.3 is 0 Å². The Morgan fingerprint density at radius 1 is 0.964 bits per heavy atom. The van der Waals surface area contributed by atoms with Gasteiger partial charge < -0.3 is 4.90 Å². The maximum absolute atomic E-state index is 12.8. The van der Waals surface area contributed by atoms with Gasteiger partial charge in [0.1, 0.15) is 0 Å². The van der Waals surface area contributed by atoms with Crippen molar-refractivity contribution in [3.05, 3.63) is 60.2 Å². The quantitative estimate of drug-likeness (QED) is 0.746. The summed E-state index contributed by atoms with van der Waals surface area (Å²) in [4.78, 5) is 16.8. The molecule has 2 aromatic rings. The van der Waals surface area contributed by atoms with E-state index >= 15 is 0 Å². The van der Waals surface area contributed by atoms with E-state index in [2.05, 4.69) is 0 Å². The summed E-state index contributed by atoms with van der Waals surface area (Å²) in [5.74, 6) is 0.0311. The SMILES string of the molecule is CCN(C(=O)CN1CCN(S(=O)(=O)c2ccc(C)cc2)CC1)c1ccccc1. The second-order valence-electron chi connectivity index (χ2n) is 6.97. The number of hydrogen-bond acceptors (Lipinski definition) is 4. The average Bonchev–Trinajstić information content (AvgIpc) is 2.70. The second-order valence-corrected chi connectivity index (χ2v) is 8.90. The molecule has 0 N–H and O–H groups in total. The number of piperazine rings is 1. The van der Waals surface area contributed by atoms with Crippen molar-refractivity contribution in [1.29, 1.82) is 0 Å². The number of aryl methyl sites for hydroxylation is 1. The number of sulfonamides is 1. The van der Waals surface area contributed by atoms with Crippen LogP contribution in [0.2, 0.25) is 0 Å². The third-order valence-electron chi connectivity index (χ3n) is 5.03. The van der Waals surface area contributed by atoms with Crippen LogP contribution < -0.4 is 4.90 Å². The van der Waals surface area contributed by atoms with Gasteiger partial charge in [-0.3, -0.25) is 9.69 Å². The highest BCUT2D eigenvalue weighted by molar-refractivity contribution is 7.89. The number of rotatable bonds is 6. The zero-order valence-corrected chi connectivity index (χ0v) is 17.2. The number of nitrogens with zero attached hydrogens (tertiary/aromatic N) is 3. The predicted molar refractivity (Wildman–Crippen MR) is 111 cm³/mol. The summed E-state index contributed by atoms with van der Waals surface area (Å²) in [7, 11) is -3.48. The van der Waals surface area contributed by atoms with Crippen molar-refractivity contribution in [2.75, 3.05) is 44.2 Å². The van der Waals surface area contributed by atoms with Gasteiger partial charge in [-0.05, 0) is 38.1 Å². The van der Waals surface area contributed by atoms with Crippen LogP contribution in [0.15, 0.2) is 59.5 Å². The minimum Gasteiger partial charge on any atom is -0.312 e. The van der Waals surface area contributed by atoms with Crippen LogP contribution >= 0.6 is 0 Å². The molecule has 0 saturated carbocycles. The van der Waals surface area contributed by atoms with Gasteiger partial charge in [-0.15, -0.1) is 0 Å². The molecule has 6 nitrogen and oxygen atoms in total. The molecule has 150 valence electrons. The highest BCUT2D eigenvalue weighted by Crippen LogP contribution is 2.19. The van der Waals surface area contributed by atoms with E-state index in [4.69, 9.17) is 0 Å². The first-order chi connectivity index (χ1) is 13.4. The molecule has 0 bridgehead atoms. The summed E-state index contributed by atoms with van der Waals surface area (Å²) in [5, 5.41) is 0. The largest absolute Gasteiger partial charge is 0.312 e. The van der Waals surface area contributed by atoms with Gasteiger partial charge in [-0.25, -0.2) is 8.42 Å². The molecule has 1 aliphatic heterocycles. The number of hydrogen-bond donors (Lipinski definition) is 0. The van der Waals surface area contributed by atoms with Crippen molar-refractivity contribution in [1.82, 2.24) is 9.21 Å². The minimum atomic E-state index is -3.48. The maximum atomic E-state index is 12.8. The number of carbonyl (C=O) groups excluding carboxylic acids is 1. The fourth-order valence-corrected chi connectivity index (χ4v) is 4.80. The van der Waals surface area contributed by atoms with Gasteiger partial charge in [0.25, 0.3) is 0 Å². The van der Waals surface area contributed by atoms with Gasteiger partial charge in [0.05, 0.1) is 11.4 Å². The van der Waals surface area contributed by atoms with E-state index in [-0.39, 0.29) is 5.91 Å². The first-order valence-corrected chi connectivity index (χ1v) is 11.0. The molecule has 1 aliphatic rings. The van der Waals surface area contributed by atoms with Crippen molar-refractivity contribution < 1.29 is 13.2 Å². The Hall–Kier alpha value is -2.22. The Morgan fingerprint density at radius 2 is 1.57 bits per heavy atom. The van der Waals surface area contributed by atoms with Crippen LogP contribution in [-0.2, 0) is 14.8 Å². The number of benzene rings is 2. The minimum absolute atomic E-state index is 0.0311. The van der Waals surface area contributed by atoms with Crippen LogP contribution in [0.25, 0.3) is 0 Å². The van der Waals surface area contributed by atoms with E-state index in [0.717, 1.165) is 11.3 Å². The van der Waals surface area contributed by atoms with Crippen molar-refractivity contribution in [2.24, 2.45) is 0 Å². The lowest BCUT2D eigenvalue weighted by atomic mass is 10.2. The Labute approximate surface area is 167 Å². The number of anilines is 1. The molecule has 0 atom stereocenters. The number of amides is 1. The van der Waals surface area contributed by atoms with Crippen LogP contribution in [0.5, 0.6) is 0 Å². The molecule has 1 saturated heterocycles. The molecule has 28 heavy (non-hydrogen) atoms. The molecular weight excluding hydrogens is 374 g/mol. The smallest absolute Gasteiger partial charge is 0.243 e. The molecule has 1 amide bonds. The standard InChI is InChI=1S/C21H27N3O3S/c1-3-24(19-7-5-4-6-8-19)21(25)17-22-13-15-23(16-14-22)28(26,27)20-11-9-18(2)10-12-20/h4-12H,3,13-17H2,1-2H3. The summed E-state index contributed by atoms with van der Waals surface area (Å²) >= 11 is 0. The van der Waals surface area contributed by atoms with Gasteiger partial charge in [-0.2, -0.15) is 4.31 Å². The number of carbonyl (C=O) groups is 1. The van der Waals surface area contributed by atoms with Gasteiger partial charge in [0.2, 0.25) is 15.9 Å². The predicted octanol–water partition coefficient (Wildman–Crippen LogP) is 2.35. The summed E-state index contributed by atoms with van der Waals surface area (Å²) < 4.78 is 27.1. The van der Waals surface area contributed by atoms with Crippen LogP contribution in [0.3, 0.4) is 0 Å². The fourth-order valence-electron chi connectivity index (χ4n) is 3.37. The Morgan fingerprint density at radius 3 is 2.14 bits per heavy atom. The van der Waals surface area contributed by atoms with E-state index in [0.29, 0.717) is 44.2 Å². The fraction of sp³-hybridized carbons (Fsp3) is 0.381. The molecule has 0 radical (unpaired) electrons. The normalized spacial score (nSPS) is 16.1. The monoisotopic (exact) mass is 401 g/mol. The maximum Gasteiger partial charge on any atom is 0.243 e. The highest BCUT2D eigenvalue weighted by Gasteiger charge is 2.29. The highest BCUT2D eigenvalue weighted by atomic mass is 32.2. The molecule has 0 spiro atoms. The number of para-hydroxylation sites is 1. The first kappa shape index (κ1) is 20.5. The molecule has 0 unspecified atom stereocenters. The molecule has 1 heterocycles. The lowest BCUT2D eigenvalue weighted by Crippen LogP contribution is -2.51. The van der Waals surface area contributed by atoms with Crippen LogP contribution in [0, 0.1) is 6.92 Å². The topological polar surface area (TPSA) is 60.9 Å². The summed E-state index contributed by atoms with van der Waals surface area (Å²) in [6, 6.07) is 16.5. The van der Waals surface area contributed by atoms with Gasteiger partial charge in [0, 0.05) is 38.4 Å². The Bertz CT molecular complexity index is 890. The molecule has 0 aromatic heterocycles. The zero-order chi connectivity index (χ0) is 20.1. The van der Waals surface area contributed by atoms with Crippen molar-refractivity contribution in [3.63, 3.8) is 0 Å². The number of likely N-dealkylation sites (N-methyl/N-ethyl adjacent to an activating group) is 1. The lowest BCUT2D eigenvalue weighted by Gasteiger charge is -2.34. The van der Waals surface area contributed by atoms with Crippen molar-refractivity contribution in [3.8, 4) is 0 Å². The van der Waals surface area contributed by atoms with Gasteiger partial charge in [0.15, 0.2) is 0 Å². The third kappa shape index (κ3) is 4.60. The van der Waals surface area contributed by atoms with E-state index in [1.807, 2.05) is 61.2 Å². The molecule has 1 fully saturated rings. The third-order valence-corrected chi connectivity index (χ3v) is 6.95. The Kier molecular flexibility index (Phi) is 6.49. The molecule has 2 aromatic carbocycles. The molecule has 3 rings (SSSR count). The lowest BCUT2D eigenvalue weighted by molar-refractivity contribution is -0.120. The molecule has 0 aliphatic carbocycles. The molecular formula is C21H27N3O3S. The average molecular weight is 402 g/mol. The van der Waals surface area contributed by atoms with Crippen LogP contribution in [-0.4, -0.2) is 62.8 Å². The van der Waals surface area contributed by atoms with E-state index in [1.54, 1.807) is 17.0 Å².